The van der Waals surface area contributed by atoms with Crippen LogP contribution in [0.4, 0.5) is 0 Å². The number of hydrogen-bond donors (Lipinski definition) is 2. The number of carboxylic acid groups (broad SMARTS) is 1. The van der Waals surface area contributed by atoms with Gasteiger partial charge in [0.25, 0.3) is 0 Å². The number of carbonyl (C=O) groups excluding carboxylic acids is 1. The number of aliphatic hydroxyl groups is 1. The minimum Gasteiger partial charge on any atom is -0.482 e. The summed E-state index contributed by atoms with van der Waals surface area (Å²) in [5.41, 5.74) is 2.50. The van der Waals surface area contributed by atoms with Gasteiger partial charge in [-0.3, -0.25) is 0 Å². The second-order valence-electron chi connectivity index (χ2n) is 8.45. The van der Waals surface area contributed by atoms with E-state index in [-0.39, 0.29) is 25.9 Å². The van der Waals surface area contributed by atoms with Crippen molar-refractivity contribution in [2.75, 3.05) is 26.4 Å². The smallest absolute Gasteiger partial charge is 0.344 e. The number of aliphatic carboxylic acids is 1. The molecule has 0 aliphatic heterocycles. The number of carboxylic acids is 1. The summed E-state index contributed by atoms with van der Waals surface area (Å²) in [5.74, 6) is 1.18. The third-order valence-electron chi connectivity index (χ3n) is 6.29. The standard InChI is InChI=1S/C23H32O7/c1-15(24)5-6-16-7-8-18-12-20-17(11-19(16)18)3-2-4-21(20)30-14-23(27)29-10-9-28-13-22(25)26/h2-4,15-16,18-19,24H,5-14H2,1H3,(H,25,26). The molecule has 2 N–H and O–H groups in total. The van der Waals surface area contributed by atoms with Gasteiger partial charge in [-0.25, -0.2) is 9.59 Å². The average Bonchev–Trinajstić information content (AvgIpc) is 3.10. The molecule has 1 aromatic rings. The Morgan fingerprint density at radius 3 is 2.77 bits per heavy atom. The lowest BCUT2D eigenvalue weighted by atomic mass is 9.73. The van der Waals surface area contributed by atoms with Crippen molar-refractivity contribution in [1.82, 2.24) is 0 Å². The Labute approximate surface area is 177 Å². The molecule has 7 heteroatoms. The van der Waals surface area contributed by atoms with Crippen molar-refractivity contribution < 1.29 is 34.0 Å². The maximum absolute atomic E-state index is 11.9. The van der Waals surface area contributed by atoms with E-state index in [0.717, 1.165) is 31.4 Å². The molecule has 0 radical (unpaired) electrons. The Morgan fingerprint density at radius 1 is 1.17 bits per heavy atom. The van der Waals surface area contributed by atoms with Gasteiger partial charge in [-0.2, -0.15) is 0 Å². The van der Waals surface area contributed by atoms with Crippen LogP contribution in [0.5, 0.6) is 5.75 Å². The first-order valence-electron chi connectivity index (χ1n) is 10.8. The molecule has 3 rings (SSSR count). The minimum absolute atomic E-state index is 0.0000300. The molecule has 4 atom stereocenters. The number of ether oxygens (including phenoxy) is 3. The minimum atomic E-state index is -1.06. The van der Waals surface area contributed by atoms with Crippen LogP contribution in [0.25, 0.3) is 0 Å². The molecule has 0 saturated heterocycles. The number of benzene rings is 1. The number of aliphatic hydroxyl groups excluding tert-OH is 1. The van der Waals surface area contributed by atoms with E-state index in [1.165, 1.54) is 24.0 Å². The van der Waals surface area contributed by atoms with E-state index in [4.69, 9.17) is 19.3 Å². The van der Waals surface area contributed by atoms with E-state index in [1.54, 1.807) is 0 Å². The van der Waals surface area contributed by atoms with Crippen LogP contribution in [-0.2, 0) is 31.9 Å². The van der Waals surface area contributed by atoms with Gasteiger partial charge in [0.1, 0.15) is 19.0 Å². The highest BCUT2D eigenvalue weighted by molar-refractivity contribution is 5.71. The van der Waals surface area contributed by atoms with Gasteiger partial charge in [0.05, 0.1) is 12.7 Å². The summed E-state index contributed by atoms with van der Waals surface area (Å²) in [5, 5.41) is 18.1. The summed E-state index contributed by atoms with van der Waals surface area (Å²) in [6, 6.07) is 6.03. The van der Waals surface area contributed by atoms with E-state index < -0.39 is 18.5 Å². The van der Waals surface area contributed by atoms with Gasteiger partial charge in [0.2, 0.25) is 0 Å². The molecule has 2 aliphatic rings. The van der Waals surface area contributed by atoms with Crippen LogP contribution in [0, 0.1) is 17.8 Å². The highest BCUT2D eigenvalue weighted by Crippen LogP contribution is 2.48. The van der Waals surface area contributed by atoms with Gasteiger partial charge in [-0.1, -0.05) is 12.1 Å². The van der Waals surface area contributed by atoms with Crippen LogP contribution in [0.2, 0.25) is 0 Å². The Morgan fingerprint density at radius 2 is 2.00 bits per heavy atom. The molecule has 0 heterocycles. The van der Waals surface area contributed by atoms with Crippen LogP contribution < -0.4 is 4.74 Å². The first-order valence-corrected chi connectivity index (χ1v) is 10.8. The number of rotatable bonds is 11. The molecular formula is C23H32O7. The highest BCUT2D eigenvalue weighted by atomic mass is 16.6. The van der Waals surface area contributed by atoms with Gasteiger partial charge in [0, 0.05) is 0 Å². The molecule has 7 nitrogen and oxygen atoms in total. The van der Waals surface area contributed by atoms with Crippen LogP contribution in [-0.4, -0.2) is 54.7 Å². The van der Waals surface area contributed by atoms with E-state index in [1.807, 2.05) is 19.1 Å². The van der Waals surface area contributed by atoms with Gasteiger partial charge in [-0.15, -0.1) is 0 Å². The van der Waals surface area contributed by atoms with Crippen molar-refractivity contribution in [2.24, 2.45) is 17.8 Å². The van der Waals surface area contributed by atoms with Crippen molar-refractivity contribution >= 4 is 11.9 Å². The van der Waals surface area contributed by atoms with E-state index in [2.05, 4.69) is 6.07 Å². The van der Waals surface area contributed by atoms with Crippen LogP contribution in [0.15, 0.2) is 18.2 Å². The Kier molecular flexibility index (Phi) is 8.10. The van der Waals surface area contributed by atoms with E-state index in [9.17, 15) is 14.7 Å². The van der Waals surface area contributed by atoms with Crippen molar-refractivity contribution in [2.45, 2.75) is 51.6 Å². The number of esters is 1. The van der Waals surface area contributed by atoms with Gasteiger partial charge < -0.3 is 24.4 Å². The zero-order chi connectivity index (χ0) is 21.5. The molecule has 0 amide bonds. The Hall–Kier alpha value is -2.12. The lowest BCUT2D eigenvalue weighted by Gasteiger charge is -2.32. The molecular weight excluding hydrogens is 388 g/mol. The van der Waals surface area contributed by atoms with Crippen LogP contribution in [0.3, 0.4) is 0 Å². The SMILES string of the molecule is CC(O)CCC1CCC2Cc3c(cccc3OCC(=O)OCCOCC(=O)O)CC12. The lowest BCUT2D eigenvalue weighted by molar-refractivity contribution is -0.149. The van der Waals surface area contributed by atoms with E-state index in [0.29, 0.717) is 17.8 Å². The first kappa shape index (κ1) is 22.6. The van der Waals surface area contributed by atoms with Gasteiger partial charge >= 0.3 is 11.9 Å². The van der Waals surface area contributed by atoms with Crippen molar-refractivity contribution in [3.05, 3.63) is 29.3 Å². The average molecular weight is 421 g/mol. The third kappa shape index (κ3) is 6.19. The van der Waals surface area contributed by atoms with Crippen molar-refractivity contribution in [1.29, 1.82) is 0 Å². The zero-order valence-electron chi connectivity index (χ0n) is 17.5. The molecule has 4 unspecified atom stereocenters. The second-order valence-corrected chi connectivity index (χ2v) is 8.45. The quantitative estimate of drug-likeness (QED) is 0.419. The van der Waals surface area contributed by atoms with Gasteiger partial charge in [-0.05, 0) is 80.4 Å². The normalized spacial score (nSPS) is 23.3. The van der Waals surface area contributed by atoms with Crippen LogP contribution >= 0.6 is 0 Å². The van der Waals surface area contributed by atoms with Crippen molar-refractivity contribution in [3.63, 3.8) is 0 Å². The number of fused-ring (bicyclic) bond motifs is 2. The fourth-order valence-corrected chi connectivity index (χ4v) is 4.88. The van der Waals surface area contributed by atoms with Crippen molar-refractivity contribution in [3.8, 4) is 5.75 Å². The summed E-state index contributed by atoms with van der Waals surface area (Å²) in [7, 11) is 0. The molecule has 0 aromatic heterocycles. The fraction of sp³-hybridized carbons (Fsp3) is 0.652. The monoisotopic (exact) mass is 420 g/mol. The topological polar surface area (TPSA) is 102 Å². The summed E-state index contributed by atoms with van der Waals surface area (Å²) in [4.78, 5) is 22.3. The first-order chi connectivity index (χ1) is 14.4. The predicted molar refractivity (Wildman–Crippen MR) is 109 cm³/mol. The molecule has 0 bridgehead atoms. The summed E-state index contributed by atoms with van der Waals surface area (Å²) >= 11 is 0. The molecule has 1 fully saturated rings. The molecule has 2 aliphatic carbocycles. The van der Waals surface area contributed by atoms with E-state index >= 15 is 0 Å². The predicted octanol–water partition coefficient (Wildman–Crippen LogP) is 2.61. The largest absolute Gasteiger partial charge is 0.482 e. The number of carbonyl (C=O) groups is 2. The Bertz CT molecular complexity index is 730. The molecule has 1 aromatic carbocycles. The lowest BCUT2D eigenvalue weighted by Crippen LogP contribution is -2.26. The summed E-state index contributed by atoms with van der Waals surface area (Å²) in [6.07, 6.45) is 6.17. The molecule has 166 valence electrons. The third-order valence-corrected chi connectivity index (χ3v) is 6.29. The molecule has 30 heavy (non-hydrogen) atoms. The second kappa shape index (κ2) is 10.8. The molecule has 0 spiro atoms. The number of hydrogen-bond acceptors (Lipinski definition) is 6. The summed E-state index contributed by atoms with van der Waals surface area (Å²) < 4.78 is 15.6. The maximum atomic E-state index is 11.9. The van der Waals surface area contributed by atoms with Gasteiger partial charge in [0.15, 0.2) is 6.61 Å². The molecule has 1 saturated carbocycles. The summed E-state index contributed by atoms with van der Waals surface area (Å²) in [6.45, 7) is 1.31. The van der Waals surface area contributed by atoms with Crippen LogP contribution in [0.1, 0.15) is 43.7 Å². The Balaban J connectivity index is 1.50. The maximum Gasteiger partial charge on any atom is 0.344 e. The zero-order valence-corrected chi connectivity index (χ0v) is 17.5. The highest BCUT2D eigenvalue weighted by Gasteiger charge is 2.39. The fourth-order valence-electron chi connectivity index (χ4n) is 4.88.